The Morgan fingerprint density at radius 1 is 1.03 bits per heavy atom. The molecule has 5 rings (SSSR count). The molecule has 1 heterocycles. The van der Waals surface area contributed by atoms with Crippen LogP contribution in [0.25, 0.3) is 0 Å². The smallest absolute Gasteiger partial charge is 0.147 e. The van der Waals surface area contributed by atoms with Gasteiger partial charge in [-0.2, -0.15) is 5.10 Å². The van der Waals surface area contributed by atoms with Gasteiger partial charge in [-0.25, -0.2) is 9.67 Å². The molecular weight excluding hydrogens is 394 g/mol. The molecule has 4 aliphatic rings. The zero-order valence-corrected chi connectivity index (χ0v) is 21.3. The van der Waals surface area contributed by atoms with Gasteiger partial charge in [0.25, 0.3) is 0 Å². The van der Waals surface area contributed by atoms with Gasteiger partial charge in [-0.3, -0.25) is 0 Å². The summed E-state index contributed by atoms with van der Waals surface area (Å²) in [6.07, 6.45) is 14.1. The van der Waals surface area contributed by atoms with Gasteiger partial charge >= 0.3 is 0 Å². The summed E-state index contributed by atoms with van der Waals surface area (Å²) in [4.78, 5) is 4.54. The van der Waals surface area contributed by atoms with Gasteiger partial charge in [-0.05, 0) is 125 Å². The lowest BCUT2D eigenvalue weighted by atomic mass is 9.48. The lowest BCUT2D eigenvalue weighted by Gasteiger charge is -2.57. The number of fused-ring (bicyclic) bond motifs is 5. The first kappa shape index (κ1) is 22.9. The van der Waals surface area contributed by atoms with E-state index in [9.17, 15) is 5.11 Å². The third kappa shape index (κ3) is 3.77. The average Bonchev–Trinajstić information content (AvgIpc) is 3.25. The lowest BCUT2D eigenvalue weighted by Crippen LogP contribution is -2.51. The van der Waals surface area contributed by atoms with Gasteiger partial charge in [0.1, 0.15) is 11.6 Å². The van der Waals surface area contributed by atoms with Crippen LogP contribution in [0, 0.1) is 60.7 Å². The third-order valence-corrected chi connectivity index (χ3v) is 11.0. The van der Waals surface area contributed by atoms with E-state index in [4.69, 9.17) is 0 Å². The zero-order chi connectivity index (χ0) is 22.7. The van der Waals surface area contributed by atoms with Crippen LogP contribution in [-0.2, 0) is 6.54 Å². The van der Waals surface area contributed by atoms with Crippen molar-refractivity contribution in [2.75, 3.05) is 0 Å². The van der Waals surface area contributed by atoms with Gasteiger partial charge in [0.2, 0.25) is 0 Å². The number of rotatable bonds is 5. The van der Waals surface area contributed by atoms with E-state index in [1.54, 1.807) is 0 Å². The maximum atomic E-state index is 11.1. The Balaban J connectivity index is 1.28. The van der Waals surface area contributed by atoms with Gasteiger partial charge in [0.15, 0.2) is 0 Å². The molecule has 4 heteroatoms. The molecule has 0 unspecified atom stereocenters. The van der Waals surface area contributed by atoms with Crippen molar-refractivity contribution in [2.24, 2.45) is 46.8 Å². The molecule has 0 radical (unpaired) electrons. The van der Waals surface area contributed by atoms with E-state index in [2.05, 4.69) is 42.5 Å². The number of hydrogen-bond donors (Lipinski definition) is 1. The second kappa shape index (κ2) is 8.40. The summed E-state index contributed by atoms with van der Waals surface area (Å²) in [5.41, 5.74) is 0.159. The Morgan fingerprint density at radius 3 is 2.53 bits per heavy atom. The zero-order valence-electron chi connectivity index (χ0n) is 21.3. The summed E-state index contributed by atoms with van der Waals surface area (Å²) >= 11 is 0. The van der Waals surface area contributed by atoms with Crippen LogP contribution in [0.3, 0.4) is 0 Å². The molecule has 1 N–H and O–H groups in total. The number of aryl methyl sites for hydroxylation is 2. The molecule has 4 saturated carbocycles. The van der Waals surface area contributed by atoms with E-state index in [1.165, 1.54) is 44.9 Å². The highest BCUT2D eigenvalue weighted by Crippen LogP contribution is 2.65. The molecule has 4 fully saturated rings. The van der Waals surface area contributed by atoms with E-state index >= 15 is 0 Å². The second-order valence-corrected chi connectivity index (χ2v) is 12.7. The van der Waals surface area contributed by atoms with Crippen LogP contribution in [0.2, 0.25) is 0 Å². The summed E-state index contributed by atoms with van der Waals surface area (Å²) in [6, 6.07) is 0. The van der Waals surface area contributed by atoms with E-state index in [0.717, 1.165) is 79.4 Å². The maximum absolute atomic E-state index is 11.1. The van der Waals surface area contributed by atoms with Crippen LogP contribution in [-0.4, -0.2) is 25.5 Å². The minimum atomic E-state index is -0.350. The minimum Gasteiger partial charge on any atom is -0.390 e. The summed E-state index contributed by atoms with van der Waals surface area (Å²) in [6.45, 7) is 12.5. The molecule has 9 atom stereocenters. The Bertz CT molecular complexity index is 820. The van der Waals surface area contributed by atoms with Crippen LogP contribution in [0.1, 0.15) is 103 Å². The fraction of sp³-hybridized carbons (Fsp3) is 0.929. The van der Waals surface area contributed by atoms with E-state index in [0.29, 0.717) is 11.3 Å². The first-order valence-corrected chi connectivity index (χ1v) is 13.8. The van der Waals surface area contributed by atoms with E-state index < -0.39 is 0 Å². The van der Waals surface area contributed by atoms with Crippen molar-refractivity contribution in [1.29, 1.82) is 0 Å². The molecule has 0 saturated heterocycles. The minimum absolute atomic E-state index is 0.350. The third-order valence-electron chi connectivity index (χ3n) is 11.0. The summed E-state index contributed by atoms with van der Waals surface area (Å²) in [5.74, 6) is 7.94. The molecule has 1 aromatic heterocycles. The molecule has 0 bridgehead atoms. The van der Waals surface area contributed by atoms with Crippen molar-refractivity contribution >= 4 is 0 Å². The summed E-state index contributed by atoms with van der Waals surface area (Å²) in [7, 11) is 0. The van der Waals surface area contributed by atoms with Gasteiger partial charge in [-0.15, -0.1) is 0 Å². The van der Waals surface area contributed by atoms with Crippen molar-refractivity contribution in [3.8, 4) is 0 Å². The predicted molar refractivity (Wildman–Crippen MR) is 129 cm³/mol. The highest BCUT2D eigenvalue weighted by atomic mass is 16.3. The van der Waals surface area contributed by atoms with E-state index in [1.807, 2.05) is 6.92 Å². The van der Waals surface area contributed by atoms with Gasteiger partial charge in [0.05, 0.1) is 5.60 Å². The molecule has 0 aliphatic heterocycles. The molecule has 4 nitrogen and oxygen atoms in total. The van der Waals surface area contributed by atoms with Crippen LogP contribution in [0.5, 0.6) is 0 Å². The standard InChI is InChI=1S/C28H47N3O/c1-6-13-28(32)15-12-22-21(16-28)7-8-24-23(22)11-14-27(5)25(9-10-26(24)27)18(2)17-31-20(4)29-19(3)30-31/h18,21-26,32H,6-17H2,1-5H3/t18-,21-,22-,23+,24+,25+,26-,27+,28+/m0/s1. The maximum Gasteiger partial charge on any atom is 0.147 e. The largest absolute Gasteiger partial charge is 0.390 e. The fourth-order valence-corrected chi connectivity index (χ4v) is 9.76. The van der Waals surface area contributed by atoms with Crippen LogP contribution < -0.4 is 0 Å². The number of aliphatic hydroxyl groups is 1. The van der Waals surface area contributed by atoms with Crippen LogP contribution in [0.4, 0.5) is 0 Å². The van der Waals surface area contributed by atoms with E-state index in [-0.39, 0.29) is 5.60 Å². The monoisotopic (exact) mass is 441 g/mol. The number of aromatic nitrogens is 3. The highest BCUT2D eigenvalue weighted by Gasteiger charge is 2.58. The average molecular weight is 442 g/mol. The van der Waals surface area contributed by atoms with Gasteiger partial charge < -0.3 is 5.11 Å². The topological polar surface area (TPSA) is 50.9 Å². The molecule has 0 spiro atoms. The molecular formula is C28H47N3O. The van der Waals surface area contributed by atoms with Gasteiger partial charge in [0, 0.05) is 6.54 Å². The van der Waals surface area contributed by atoms with Crippen LogP contribution >= 0.6 is 0 Å². The Morgan fingerprint density at radius 2 is 1.81 bits per heavy atom. The molecule has 1 aromatic rings. The molecule has 180 valence electrons. The SMILES string of the molecule is CCC[C@@]1(O)CC[C@H]2[C@@H](CC[C@@H]3[C@@H]2CC[C@]2(C)[C@@H]([C@@H](C)Cn4nc(C)nc4C)CC[C@@H]32)C1. The molecule has 32 heavy (non-hydrogen) atoms. The summed E-state index contributed by atoms with van der Waals surface area (Å²) in [5, 5.41) is 15.8. The number of nitrogens with zero attached hydrogens (tertiary/aromatic N) is 3. The van der Waals surface area contributed by atoms with Crippen molar-refractivity contribution in [1.82, 2.24) is 14.8 Å². The molecule has 0 aromatic carbocycles. The van der Waals surface area contributed by atoms with Crippen molar-refractivity contribution < 1.29 is 5.11 Å². The molecule has 4 aliphatic carbocycles. The van der Waals surface area contributed by atoms with Gasteiger partial charge in [-0.1, -0.05) is 27.2 Å². The first-order chi connectivity index (χ1) is 15.2. The fourth-order valence-electron chi connectivity index (χ4n) is 9.76. The Kier molecular flexibility index (Phi) is 6.00. The second-order valence-electron chi connectivity index (χ2n) is 12.7. The highest BCUT2D eigenvalue weighted by molar-refractivity contribution is 5.07. The van der Waals surface area contributed by atoms with Crippen molar-refractivity contribution in [3.05, 3.63) is 11.6 Å². The summed E-state index contributed by atoms with van der Waals surface area (Å²) < 4.78 is 2.16. The Labute approximate surface area is 196 Å². The van der Waals surface area contributed by atoms with Crippen molar-refractivity contribution in [2.45, 2.75) is 117 Å². The predicted octanol–water partition coefficient (Wildman–Crippen LogP) is 6.33. The number of hydrogen-bond acceptors (Lipinski definition) is 3. The first-order valence-electron chi connectivity index (χ1n) is 13.8. The lowest BCUT2D eigenvalue weighted by molar-refractivity contribution is -0.110. The molecule has 0 amide bonds. The normalized spacial score (nSPS) is 44.6. The van der Waals surface area contributed by atoms with Crippen LogP contribution in [0.15, 0.2) is 0 Å². The Hall–Kier alpha value is -0.900. The van der Waals surface area contributed by atoms with Crippen molar-refractivity contribution in [3.63, 3.8) is 0 Å². The quantitative estimate of drug-likeness (QED) is 0.581.